The zero-order valence-electron chi connectivity index (χ0n) is 17.5. The molecule has 0 aliphatic carbocycles. The highest BCUT2D eigenvalue weighted by Gasteiger charge is 2.34. The summed E-state index contributed by atoms with van der Waals surface area (Å²) in [5.41, 5.74) is 6.46. The van der Waals surface area contributed by atoms with Gasteiger partial charge in [-0.3, -0.25) is 0 Å². The van der Waals surface area contributed by atoms with Crippen LogP contribution in [0.3, 0.4) is 0 Å². The number of hydrogen-bond donors (Lipinski definition) is 0. The van der Waals surface area contributed by atoms with E-state index in [1.165, 1.54) is 0 Å². The van der Waals surface area contributed by atoms with Crippen LogP contribution in [0.5, 0.6) is 5.75 Å². The molecule has 0 bridgehead atoms. The standard InChI is InChI=1S/C25H29N2O/c1-8-12-17(3)23(19(5)26(6)9-2)24-20-13-10-11-14-21(20)28-22-16-15-18(4)27(7)25(22)24/h8-16,18H,2-3H2,1,4-7H3/q+1/b12-8-,24-23+,26-19+. The van der Waals surface area contributed by atoms with Crippen LogP contribution in [0.15, 0.2) is 90.5 Å². The molecule has 0 spiro atoms. The van der Waals surface area contributed by atoms with Gasteiger partial charge in [-0.25, -0.2) is 4.58 Å². The molecule has 0 fully saturated rings. The van der Waals surface area contributed by atoms with Crippen LogP contribution in [0.4, 0.5) is 0 Å². The highest BCUT2D eigenvalue weighted by Crippen LogP contribution is 2.45. The maximum Gasteiger partial charge on any atom is 0.186 e. The quantitative estimate of drug-likeness (QED) is 0.404. The van der Waals surface area contributed by atoms with E-state index < -0.39 is 0 Å². The number of hydrogen-bond acceptors (Lipinski definition) is 2. The molecule has 1 aromatic carbocycles. The van der Waals surface area contributed by atoms with Crippen LogP contribution in [-0.2, 0) is 0 Å². The number of para-hydroxylation sites is 1. The van der Waals surface area contributed by atoms with E-state index in [1.807, 2.05) is 43.0 Å². The third-order valence-corrected chi connectivity index (χ3v) is 5.44. The largest absolute Gasteiger partial charge is 0.455 e. The molecule has 0 amide bonds. The maximum atomic E-state index is 6.27. The van der Waals surface area contributed by atoms with Gasteiger partial charge in [-0.05, 0) is 38.1 Å². The van der Waals surface area contributed by atoms with Crippen LogP contribution in [0.2, 0.25) is 0 Å². The number of nitrogens with zero attached hydrogens (tertiary/aromatic N) is 2. The van der Waals surface area contributed by atoms with E-state index >= 15 is 0 Å². The molecule has 1 unspecified atom stereocenters. The molecular weight excluding hydrogens is 344 g/mol. The molecule has 3 heteroatoms. The van der Waals surface area contributed by atoms with E-state index in [9.17, 15) is 0 Å². The predicted octanol–water partition coefficient (Wildman–Crippen LogP) is 5.31. The Kier molecular flexibility index (Phi) is 5.55. The summed E-state index contributed by atoms with van der Waals surface area (Å²) >= 11 is 0. The van der Waals surface area contributed by atoms with Gasteiger partial charge in [-0.15, -0.1) is 0 Å². The van der Waals surface area contributed by atoms with E-state index in [-0.39, 0.29) is 6.04 Å². The van der Waals surface area contributed by atoms with Gasteiger partial charge in [-0.2, -0.15) is 0 Å². The van der Waals surface area contributed by atoms with E-state index in [2.05, 4.69) is 69.3 Å². The summed E-state index contributed by atoms with van der Waals surface area (Å²) in [6, 6.07) is 8.48. The lowest BCUT2D eigenvalue weighted by atomic mass is 9.86. The molecule has 0 saturated heterocycles. The Morgan fingerprint density at radius 3 is 2.68 bits per heavy atom. The van der Waals surface area contributed by atoms with E-state index in [4.69, 9.17) is 4.74 Å². The Labute approximate surface area is 168 Å². The van der Waals surface area contributed by atoms with Crippen LogP contribution >= 0.6 is 0 Å². The van der Waals surface area contributed by atoms with Gasteiger partial charge in [0.25, 0.3) is 0 Å². The second-order valence-corrected chi connectivity index (χ2v) is 7.18. The average Bonchev–Trinajstić information content (AvgIpc) is 2.70. The normalized spacial score (nSPS) is 21.0. The molecule has 28 heavy (non-hydrogen) atoms. The lowest BCUT2D eigenvalue weighted by Crippen LogP contribution is -2.34. The highest BCUT2D eigenvalue weighted by molar-refractivity contribution is 6.10. The van der Waals surface area contributed by atoms with Crippen LogP contribution in [0, 0.1) is 0 Å². The Hall–Kier alpha value is -3.07. The Balaban J connectivity index is 2.46. The van der Waals surface area contributed by atoms with Crippen molar-refractivity contribution >= 4 is 11.3 Å². The first kappa shape index (κ1) is 19.7. The Morgan fingerprint density at radius 2 is 2.00 bits per heavy atom. The summed E-state index contributed by atoms with van der Waals surface area (Å²) in [5.74, 6) is 1.73. The number of rotatable bonds is 4. The van der Waals surface area contributed by atoms with Gasteiger partial charge in [0.15, 0.2) is 17.7 Å². The van der Waals surface area contributed by atoms with Gasteiger partial charge in [0.1, 0.15) is 12.8 Å². The van der Waals surface area contributed by atoms with Crippen molar-refractivity contribution in [2.45, 2.75) is 26.8 Å². The van der Waals surface area contributed by atoms with Crippen molar-refractivity contribution in [2.75, 3.05) is 14.1 Å². The second kappa shape index (κ2) is 7.89. The number of fused-ring (bicyclic) bond motifs is 1. The van der Waals surface area contributed by atoms with Crippen LogP contribution in [-0.4, -0.2) is 35.3 Å². The zero-order valence-corrected chi connectivity index (χ0v) is 17.5. The fourth-order valence-electron chi connectivity index (χ4n) is 3.63. The molecule has 144 valence electrons. The topological polar surface area (TPSA) is 15.5 Å². The minimum Gasteiger partial charge on any atom is -0.455 e. The van der Waals surface area contributed by atoms with Crippen molar-refractivity contribution in [3.05, 3.63) is 96.1 Å². The minimum atomic E-state index is 0.274. The summed E-state index contributed by atoms with van der Waals surface area (Å²) in [5, 5.41) is 0. The van der Waals surface area contributed by atoms with Crippen molar-refractivity contribution in [2.24, 2.45) is 0 Å². The van der Waals surface area contributed by atoms with Crippen molar-refractivity contribution < 1.29 is 9.31 Å². The first-order valence-electron chi connectivity index (χ1n) is 9.59. The zero-order chi connectivity index (χ0) is 20.4. The molecule has 2 aliphatic heterocycles. The molecule has 1 aromatic rings. The lowest BCUT2D eigenvalue weighted by Gasteiger charge is -2.37. The van der Waals surface area contributed by atoms with E-state index in [0.29, 0.717) is 0 Å². The van der Waals surface area contributed by atoms with E-state index in [0.717, 1.165) is 45.2 Å². The van der Waals surface area contributed by atoms with Crippen molar-refractivity contribution in [3.63, 3.8) is 0 Å². The molecule has 0 saturated carbocycles. The molecule has 0 N–H and O–H groups in total. The number of allylic oxidation sites excluding steroid dienone is 6. The van der Waals surface area contributed by atoms with Crippen LogP contribution in [0.1, 0.15) is 26.3 Å². The van der Waals surface area contributed by atoms with Crippen LogP contribution in [0.25, 0.3) is 5.57 Å². The number of benzene rings is 1. The van der Waals surface area contributed by atoms with E-state index in [1.54, 1.807) is 0 Å². The third-order valence-electron chi connectivity index (χ3n) is 5.44. The van der Waals surface area contributed by atoms with Gasteiger partial charge in [0.2, 0.25) is 0 Å². The SMILES string of the molecule is C=C/[N+](C)=C(C)/C(C(=C)/C=C\C)=C1/C2=C(C=CC(C)N2C)Oc2ccccc21. The third kappa shape index (κ3) is 3.29. The van der Waals surface area contributed by atoms with Crippen molar-refractivity contribution in [1.29, 1.82) is 0 Å². The maximum absolute atomic E-state index is 6.27. The van der Waals surface area contributed by atoms with Gasteiger partial charge in [0.05, 0.1) is 11.3 Å². The molecule has 0 radical (unpaired) electrons. The smallest absolute Gasteiger partial charge is 0.186 e. The molecule has 2 aliphatic rings. The summed E-state index contributed by atoms with van der Waals surface area (Å²) in [6.45, 7) is 14.6. The Bertz CT molecular complexity index is 986. The number of likely N-dealkylation sites (N-methyl/N-ethyl adjacent to an activating group) is 1. The second-order valence-electron chi connectivity index (χ2n) is 7.18. The first-order valence-corrected chi connectivity index (χ1v) is 9.59. The Morgan fingerprint density at radius 1 is 1.29 bits per heavy atom. The average molecular weight is 374 g/mol. The van der Waals surface area contributed by atoms with Gasteiger partial charge in [-0.1, -0.05) is 43.0 Å². The predicted molar refractivity (Wildman–Crippen MR) is 118 cm³/mol. The lowest BCUT2D eigenvalue weighted by molar-refractivity contribution is -0.421. The summed E-state index contributed by atoms with van der Waals surface area (Å²) in [4.78, 5) is 2.27. The molecule has 1 atom stereocenters. The minimum absolute atomic E-state index is 0.274. The highest BCUT2D eigenvalue weighted by atomic mass is 16.5. The molecule has 3 nitrogen and oxygen atoms in total. The first-order chi connectivity index (χ1) is 13.4. The fourth-order valence-corrected chi connectivity index (χ4v) is 3.63. The van der Waals surface area contributed by atoms with Gasteiger partial charge >= 0.3 is 0 Å². The molecule has 2 heterocycles. The summed E-state index contributed by atoms with van der Waals surface area (Å²) in [6.07, 6.45) is 10.2. The molecule has 3 rings (SSSR count). The summed E-state index contributed by atoms with van der Waals surface area (Å²) < 4.78 is 8.31. The monoisotopic (exact) mass is 373 g/mol. The summed E-state index contributed by atoms with van der Waals surface area (Å²) in [7, 11) is 4.13. The van der Waals surface area contributed by atoms with Crippen molar-refractivity contribution in [1.82, 2.24) is 4.90 Å². The van der Waals surface area contributed by atoms with Gasteiger partial charge < -0.3 is 9.64 Å². The molecular formula is C25H29N2O+. The van der Waals surface area contributed by atoms with Crippen molar-refractivity contribution in [3.8, 4) is 5.75 Å². The molecule has 0 aromatic heterocycles. The fraction of sp³-hybridized carbons (Fsp3) is 0.240. The number of ether oxygens (including phenoxy) is 1. The van der Waals surface area contributed by atoms with Crippen LogP contribution < -0.4 is 4.74 Å². The van der Waals surface area contributed by atoms with Gasteiger partial charge in [0, 0.05) is 31.1 Å².